The molecule has 1 heteroatoms. The van der Waals surface area contributed by atoms with E-state index < -0.39 is 0 Å². The first-order chi connectivity index (χ1) is 4.66. The predicted molar refractivity (Wildman–Crippen MR) is 47.0 cm³/mol. The van der Waals surface area contributed by atoms with Gasteiger partial charge in [0.15, 0.2) is 0 Å². The molecule has 62 valence electrons. The van der Waals surface area contributed by atoms with Crippen LogP contribution in [0.1, 0.15) is 46.5 Å². The SMILES string of the molecule is CCCCC(C)CC(C)N. The van der Waals surface area contributed by atoms with Gasteiger partial charge in [0.25, 0.3) is 0 Å². The van der Waals surface area contributed by atoms with Crippen molar-refractivity contribution in [3.63, 3.8) is 0 Å². The zero-order valence-electron chi connectivity index (χ0n) is 7.56. The minimum absolute atomic E-state index is 0.381. The highest BCUT2D eigenvalue weighted by Crippen LogP contribution is 2.12. The number of unbranched alkanes of at least 4 members (excludes halogenated alkanes) is 1. The molecule has 0 aliphatic rings. The number of rotatable bonds is 5. The third-order valence-corrected chi connectivity index (χ3v) is 1.82. The van der Waals surface area contributed by atoms with Gasteiger partial charge in [0.1, 0.15) is 0 Å². The van der Waals surface area contributed by atoms with Crippen LogP contribution in [0.25, 0.3) is 0 Å². The highest BCUT2D eigenvalue weighted by atomic mass is 14.6. The Morgan fingerprint density at radius 2 is 1.90 bits per heavy atom. The molecule has 0 spiro atoms. The van der Waals surface area contributed by atoms with Gasteiger partial charge in [-0.1, -0.05) is 33.1 Å². The predicted octanol–water partition coefficient (Wildman–Crippen LogP) is 2.55. The lowest BCUT2D eigenvalue weighted by atomic mass is 9.97. The first-order valence-corrected chi connectivity index (χ1v) is 4.42. The van der Waals surface area contributed by atoms with E-state index in [4.69, 9.17) is 5.73 Å². The molecule has 0 fully saturated rings. The van der Waals surface area contributed by atoms with Gasteiger partial charge in [-0.3, -0.25) is 0 Å². The maximum atomic E-state index is 5.67. The van der Waals surface area contributed by atoms with Crippen molar-refractivity contribution >= 4 is 0 Å². The molecule has 2 N–H and O–H groups in total. The molecule has 0 aromatic rings. The van der Waals surface area contributed by atoms with E-state index >= 15 is 0 Å². The van der Waals surface area contributed by atoms with Crippen molar-refractivity contribution in [3.8, 4) is 0 Å². The van der Waals surface area contributed by atoms with Gasteiger partial charge in [-0.25, -0.2) is 0 Å². The van der Waals surface area contributed by atoms with Gasteiger partial charge in [-0.2, -0.15) is 0 Å². The van der Waals surface area contributed by atoms with Crippen LogP contribution >= 0.6 is 0 Å². The fourth-order valence-corrected chi connectivity index (χ4v) is 1.31. The van der Waals surface area contributed by atoms with Crippen LogP contribution in [0.2, 0.25) is 0 Å². The zero-order chi connectivity index (χ0) is 7.98. The molecule has 0 saturated carbocycles. The second-order valence-electron chi connectivity index (χ2n) is 3.46. The maximum Gasteiger partial charge on any atom is 0.00130 e. The second-order valence-corrected chi connectivity index (χ2v) is 3.46. The average molecular weight is 143 g/mol. The molecule has 0 aromatic carbocycles. The minimum Gasteiger partial charge on any atom is -0.328 e. The third kappa shape index (κ3) is 6.09. The second kappa shape index (κ2) is 5.72. The maximum absolute atomic E-state index is 5.67. The molecule has 0 saturated heterocycles. The molecule has 10 heavy (non-hydrogen) atoms. The molecule has 0 amide bonds. The van der Waals surface area contributed by atoms with Crippen LogP contribution in [0.15, 0.2) is 0 Å². The van der Waals surface area contributed by atoms with E-state index in [2.05, 4.69) is 20.8 Å². The van der Waals surface area contributed by atoms with E-state index in [9.17, 15) is 0 Å². The Balaban J connectivity index is 3.16. The van der Waals surface area contributed by atoms with E-state index in [-0.39, 0.29) is 0 Å². The average Bonchev–Trinajstić information content (AvgIpc) is 1.82. The summed E-state index contributed by atoms with van der Waals surface area (Å²) in [5.41, 5.74) is 5.67. The fraction of sp³-hybridized carbons (Fsp3) is 1.00. The molecule has 0 aromatic heterocycles. The molecule has 2 unspecified atom stereocenters. The van der Waals surface area contributed by atoms with Crippen molar-refractivity contribution in [2.45, 2.75) is 52.5 Å². The Morgan fingerprint density at radius 1 is 1.30 bits per heavy atom. The first kappa shape index (κ1) is 9.96. The molecule has 0 bridgehead atoms. The Hall–Kier alpha value is -0.0400. The molecule has 0 rings (SSSR count). The summed E-state index contributed by atoms with van der Waals surface area (Å²) < 4.78 is 0. The quantitative estimate of drug-likeness (QED) is 0.629. The normalized spacial score (nSPS) is 16.8. The van der Waals surface area contributed by atoms with Crippen LogP contribution in [-0.4, -0.2) is 6.04 Å². The van der Waals surface area contributed by atoms with Crippen molar-refractivity contribution in [2.24, 2.45) is 11.7 Å². The van der Waals surface area contributed by atoms with Gasteiger partial charge in [0.2, 0.25) is 0 Å². The largest absolute Gasteiger partial charge is 0.328 e. The third-order valence-electron chi connectivity index (χ3n) is 1.82. The topological polar surface area (TPSA) is 26.0 Å². The summed E-state index contributed by atoms with van der Waals surface area (Å²) in [4.78, 5) is 0. The summed E-state index contributed by atoms with van der Waals surface area (Å²) in [7, 11) is 0. The molecule has 2 atom stereocenters. The Labute approximate surface area is 65.0 Å². The lowest BCUT2D eigenvalue weighted by molar-refractivity contribution is 0.437. The van der Waals surface area contributed by atoms with Crippen LogP contribution in [-0.2, 0) is 0 Å². The van der Waals surface area contributed by atoms with Crippen molar-refractivity contribution in [1.82, 2.24) is 0 Å². The van der Waals surface area contributed by atoms with Crippen LogP contribution < -0.4 is 5.73 Å². The fourth-order valence-electron chi connectivity index (χ4n) is 1.31. The number of hydrogen-bond acceptors (Lipinski definition) is 1. The number of nitrogens with two attached hydrogens (primary N) is 1. The van der Waals surface area contributed by atoms with Gasteiger partial charge in [-0.05, 0) is 19.3 Å². The summed E-state index contributed by atoms with van der Waals surface area (Å²) in [5.74, 6) is 0.819. The molecular weight excluding hydrogens is 122 g/mol. The Kier molecular flexibility index (Phi) is 5.70. The van der Waals surface area contributed by atoms with Crippen LogP contribution in [0.4, 0.5) is 0 Å². The Bertz CT molecular complexity index is 69.1. The monoisotopic (exact) mass is 143 g/mol. The zero-order valence-corrected chi connectivity index (χ0v) is 7.56. The highest BCUT2D eigenvalue weighted by Gasteiger charge is 2.03. The smallest absolute Gasteiger partial charge is 0.00130 e. The molecular formula is C9H21N. The molecule has 0 aliphatic carbocycles. The van der Waals surface area contributed by atoms with E-state index in [1.54, 1.807) is 0 Å². The molecule has 1 nitrogen and oxygen atoms in total. The standard InChI is InChI=1S/C9H21N/c1-4-5-6-8(2)7-9(3)10/h8-9H,4-7,10H2,1-3H3. The lowest BCUT2D eigenvalue weighted by Crippen LogP contribution is -2.18. The first-order valence-electron chi connectivity index (χ1n) is 4.42. The van der Waals surface area contributed by atoms with Crippen molar-refractivity contribution < 1.29 is 0 Å². The van der Waals surface area contributed by atoms with Gasteiger partial charge in [0.05, 0.1) is 0 Å². The van der Waals surface area contributed by atoms with Crippen molar-refractivity contribution in [2.75, 3.05) is 0 Å². The van der Waals surface area contributed by atoms with Gasteiger partial charge < -0.3 is 5.73 Å². The molecule has 0 aliphatic heterocycles. The summed E-state index contributed by atoms with van der Waals surface area (Å²) >= 11 is 0. The molecule has 0 heterocycles. The highest BCUT2D eigenvalue weighted by molar-refractivity contribution is 4.60. The van der Waals surface area contributed by atoms with Crippen LogP contribution in [0, 0.1) is 5.92 Å². The van der Waals surface area contributed by atoms with Gasteiger partial charge >= 0.3 is 0 Å². The minimum atomic E-state index is 0.381. The van der Waals surface area contributed by atoms with E-state index in [1.165, 1.54) is 25.7 Å². The van der Waals surface area contributed by atoms with Crippen molar-refractivity contribution in [3.05, 3.63) is 0 Å². The lowest BCUT2D eigenvalue weighted by Gasteiger charge is -2.12. The summed E-state index contributed by atoms with van der Waals surface area (Å²) in [6.45, 7) is 6.61. The van der Waals surface area contributed by atoms with Gasteiger partial charge in [0, 0.05) is 6.04 Å². The number of hydrogen-bond donors (Lipinski definition) is 1. The molecule has 0 radical (unpaired) electrons. The van der Waals surface area contributed by atoms with E-state index in [0.29, 0.717) is 6.04 Å². The Morgan fingerprint density at radius 3 is 2.30 bits per heavy atom. The van der Waals surface area contributed by atoms with E-state index in [0.717, 1.165) is 5.92 Å². The summed E-state index contributed by atoms with van der Waals surface area (Å²) in [6, 6.07) is 0.381. The van der Waals surface area contributed by atoms with Crippen molar-refractivity contribution in [1.29, 1.82) is 0 Å². The van der Waals surface area contributed by atoms with Gasteiger partial charge in [-0.15, -0.1) is 0 Å². The van der Waals surface area contributed by atoms with E-state index in [1.807, 2.05) is 0 Å². The van der Waals surface area contributed by atoms with Crippen LogP contribution in [0.5, 0.6) is 0 Å². The summed E-state index contributed by atoms with van der Waals surface area (Å²) in [5, 5.41) is 0. The summed E-state index contributed by atoms with van der Waals surface area (Å²) in [6.07, 6.45) is 5.19. The van der Waals surface area contributed by atoms with Crippen LogP contribution in [0.3, 0.4) is 0 Å².